The molecule has 4 aromatic rings. The fraction of sp³-hybridized carbons (Fsp3) is 0.167. The topological polar surface area (TPSA) is 53.4 Å². The number of hydrogen-bond donors (Lipinski definition) is 0. The molecular weight excluding hydrogens is 435 g/mol. The maximum Gasteiger partial charge on any atom is 0.338 e. The van der Waals surface area contributed by atoms with E-state index in [9.17, 15) is 4.79 Å². The van der Waals surface area contributed by atoms with Gasteiger partial charge in [0.25, 0.3) is 0 Å². The Hall–Kier alpha value is -3.02. The van der Waals surface area contributed by atoms with E-state index >= 15 is 0 Å². The Morgan fingerprint density at radius 3 is 2.61 bits per heavy atom. The van der Waals surface area contributed by atoms with Gasteiger partial charge in [-0.2, -0.15) is 0 Å². The normalized spacial score (nSPS) is 11.0. The molecule has 1 heterocycles. The molecule has 0 bridgehead atoms. The van der Waals surface area contributed by atoms with Crippen molar-refractivity contribution in [3.05, 3.63) is 93.2 Å². The Bertz CT molecular complexity index is 1270. The maximum atomic E-state index is 12.0. The molecule has 0 radical (unpaired) electrons. The molecule has 0 saturated carbocycles. The lowest BCUT2D eigenvalue weighted by atomic mass is 10.1. The zero-order chi connectivity index (χ0) is 22.0. The standard InChI is InChI=1S/C24H20Cl2N2O3/c1-15-27-22-10-9-19(31-14-17-5-3-4-6-20(17)24(29)30-2)12-23(22)28(15)13-16-7-8-18(25)11-21(16)26/h3-12H,13-14H2,1-2H3. The molecule has 1 aromatic heterocycles. The van der Waals surface area contributed by atoms with E-state index in [1.54, 1.807) is 18.2 Å². The van der Waals surface area contributed by atoms with Crippen LogP contribution in [0.3, 0.4) is 0 Å². The largest absolute Gasteiger partial charge is 0.489 e. The van der Waals surface area contributed by atoms with Gasteiger partial charge in [-0.05, 0) is 42.8 Å². The minimum absolute atomic E-state index is 0.243. The average molecular weight is 455 g/mol. The summed E-state index contributed by atoms with van der Waals surface area (Å²) >= 11 is 12.4. The van der Waals surface area contributed by atoms with Crippen LogP contribution in [0.4, 0.5) is 0 Å². The van der Waals surface area contributed by atoms with E-state index in [0.29, 0.717) is 27.9 Å². The van der Waals surface area contributed by atoms with Gasteiger partial charge in [0, 0.05) is 21.7 Å². The molecular formula is C24H20Cl2N2O3. The molecule has 31 heavy (non-hydrogen) atoms. The van der Waals surface area contributed by atoms with Crippen molar-refractivity contribution in [2.24, 2.45) is 0 Å². The van der Waals surface area contributed by atoms with Crippen LogP contribution in [0.5, 0.6) is 5.75 Å². The molecule has 0 aliphatic rings. The number of fused-ring (bicyclic) bond motifs is 1. The van der Waals surface area contributed by atoms with Gasteiger partial charge < -0.3 is 14.0 Å². The highest BCUT2D eigenvalue weighted by Gasteiger charge is 2.13. The Morgan fingerprint density at radius 2 is 1.84 bits per heavy atom. The van der Waals surface area contributed by atoms with Crippen molar-refractivity contribution in [2.45, 2.75) is 20.1 Å². The van der Waals surface area contributed by atoms with Crippen molar-refractivity contribution in [1.29, 1.82) is 0 Å². The van der Waals surface area contributed by atoms with E-state index in [1.807, 2.05) is 49.4 Å². The Balaban J connectivity index is 1.61. The number of rotatable bonds is 6. The first kappa shape index (κ1) is 21.2. The number of benzene rings is 3. The van der Waals surface area contributed by atoms with Gasteiger partial charge in [-0.3, -0.25) is 0 Å². The summed E-state index contributed by atoms with van der Waals surface area (Å²) in [5.74, 6) is 1.16. The number of aromatic nitrogens is 2. The zero-order valence-corrected chi connectivity index (χ0v) is 18.6. The molecule has 0 fully saturated rings. The second kappa shape index (κ2) is 9.00. The highest BCUT2D eigenvalue weighted by molar-refractivity contribution is 6.35. The van der Waals surface area contributed by atoms with Crippen molar-refractivity contribution < 1.29 is 14.3 Å². The van der Waals surface area contributed by atoms with Crippen molar-refractivity contribution >= 4 is 40.2 Å². The van der Waals surface area contributed by atoms with Gasteiger partial charge in [-0.1, -0.05) is 47.5 Å². The van der Waals surface area contributed by atoms with E-state index in [-0.39, 0.29) is 12.6 Å². The van der Waals surface area contributed by atoms with Crippen LogP contribution in [-0.2, 0) is 17.9 Å². The van der Waals surface area contributed by atoms with Crippen LogP contribution in [0, 0.1) is 6.92 Å². The highest BCUT2D eigenvalue weighted by Crippen LogP contribution is 2.27. The molecule has 4 rings (SSSR count). The van der Waals surface area contributed by atoms with Crippen LogP contribution in [0.25, 0.3) is 11.0 Å². The lowest BCUT2D eigenvalue weighted by Crippen LogP contribution is -2.08. The van der Waals surface area contributed by atoms with Crippen LogP contribution in [0.2, 0.25) is 10.0 Å². The molecule has 0 spiro atoms. The molecule has 0 N–H and O–H groups in total. The van der Waals surface area contributed by atoms with Crippen molar-refractivity contribution in [3.63, 3.8) is 0 Å². The average Bonchev–Trinajstić information content (AvgIpc) is 3.08. The minimum atomic E-state index is -0.386. The molecule has 3 aromatic carbocycles. The Labute approximate surface area is 190 Å². The van der Waals surface area contributed by atoms with E-state index < -0.39 is 0 Å². The summed E-state index contributed by atoms with van der Waals surface area (Å²) in [6, 6.07) is 18.4. The lowest BCUT2D eigenvalue weighted by Gasteiger charge is -2.12. The zero-order valence-electron chi connectivity index (χ0n) is 17.1. The molecule has 0 amide bonds. The summed E-state index contributed by atoms with van der Waals surface area (Å²) in [7, 11) is 1.37. The molecule has 0 unspecified atom stereocenters. The molecule has 0 saturated heterocycles. The summed E-state index contributed by atoms with van der Waals surface area (Å²) in [5.41, 5.74) is 4.00. The smallest absolute Gasteiger partial charge is 0.338 e. The van der Waals surface area contributed by atoms with Gasteiger partial charge in [0.1, 0.15) is 18.2 Å². The van der Waals surface area contributed by atoms with E-state index in [2.05, 4.69) is 9.55 Å². The Kier molecular flexibility index (Phi) is 6.16. The van der Waals surface area contributed by atoms with Gasteiger partial charge in [0.15, 0.2) is 0 Å². The third kappa shape index (κ3) is 4.53. The number of carbonyl (C=O) groups is 1. The first-order chi connectivity index (χ1) is 15.0. The van der Waals surface area contributed by atoms with Crippen molar-refractivity contribution in [3.8, 4) is 5.75 Å². The van der Waals surface area contributed by atoms with Gasteiger partial charge in [-0.15, -0.1) is 0 Å². The SMILES string of the molecule is COC(=O)c1ccccc1COc1ccc2nc(C)n(Cc3ccc(Cl)cc3Cl)c2c1. The van der Waals surface area contributed by atoms with Gasteiger partial charge in [-0.25, -0.2) is 9.78 Å². The van der Waals surface area contributed by atoms with E-state index in [0.717, 1.165) is 28.0 Å². The van der Waals surface area contributed by atoms with Crippen LogP contribution in [0.15, 0.2) is 60.7 Å². The van der Waals surface area contributed by atoms with Crippen LogP contribution < -0.4 is 4.74 Å². The molecule has 0 aliphatic carbocycles. The molecule has 158 valence electrons. The van der Waals surface area contributed by atoms with Crippen molar-refractivity contribution in [1.82, 2.24) is 9.55 Å². The number of hydrogen-bond acceptors (Lipinski definition) is 4. The highest BCUT2D eigenvalue weighted by atomic mass is 35.5. The third-order valence-corrected chi connectivity index (χ3v) is 5.66. The van der Waals surface area contributed by atoms with E-state index in [4.69, 9.17) is 32.7 Å². The number of carbonyl (C=O) groups excluding carboxylic acids is 1. The van der Waals surface area contributed by atoms with Crippen LogP contribution in [-0.4, -0.2) is 22.6 Å². The van der Waals surface area contributed by atoms with Crippen LogP contribution >= 0.6 is 23.2 Å². The number of halogens is 2. The van der Waals surface area contributed by atoms with Gasteiger partial charge in [0.05, 0.1) is 30.3 Å². The summed E-state index contributed by atoms with van der Waals surface area (Å²) in [6.07, 6.45) is 0. The Morgan fingerprint density at radius 1 is 1.03 bits per heavy atom. The first-order valence-electron chi connectivity index (χ1n) is 9.66. The van der Waals surface area contributed by atoms with Gasteiger partial charge >= 0.3 is 5.97 Å². The lowest BCUT2D eigenvalue weighted by molar-refractivity contribution is 0.0597. The molecule has 0 aliphatic heterocycles. The number of imidazole rings is 1. The summed E-state index contributed by atoms with van der Waals surface area (Å²) < 4.78 is 12.9. The number of ether oxygens (including phenoxy) is 2. The third-order valence-electron chi connectivity index (χ3n) is 5.07. The predicted octanol–water partition coefficient (Wildman–Crippen LogP) is 6.07. The number of nitrogens with zero attached hydrogens (tertiary/aromatic N) is 2. The number of methoxy groups -OCH3 is 1. The summed E-state index contributed by atoms with van der Waals surface area (Å²) in [4.78, 5) is 16.6. The summed E-state index contributed by atoms with van der Waals surface area (Å²) in [5, 5.41) is 1.21. The second-order valence-electron chi connectivity index (χ2n) is 7.07. The van der Waals surface area contributed by atoms with Crippen molar-refractivity contribution in [2.75, 3.05) is 7.11 Å². The second-order valence-corrected chi connectivity index (χ2v) is 7.91. The van der Waals surface area contributed by atoms with E-state index in [1.165, 1.54) is 7.11 Å². The quantitative estimate of drug-likeness (QED) is 0.332. The van der Waals surface area contributed by atoms with Crippen LogP contribution in [0.1, 0.15) is 27.3 Å². The monoisotopic (exact) mass is 454 g/mol. The molecule has 0 atom stereocenters. The number of aryl methyl sites for hydroxylation is 1. The fourth-order valence-electron chi connectivity index (χ4n) is 3.45. The molecule has 7 heteroatoms. The summed E-state index contributed by atoms with van der Waals surface area (Å²) in [6.45, 7) is 2.76. The van der Waals surface area contributed by atoms with Gasteiger partial charge in [0.2, 0.25) is 0 Å². The fourth-order valence-corrected chi connectivity index (χ4v) is 3.92. The number of esters is 1. The maximum absolute atomic E-state index is 12.0. The molecule has 5 nitrogen and oxygen atoms in total. The predicted molar refractivity (Wildman–Crippen MR) is 122 cm³/mol. The minimum Gasteiger partial charge on any atom is -0.489 e. The first-order valence-corrected chi connectivity index (χ1v) is 10.4.